The second-order valence-electron chi connectivity index (χ2n) is 3.49. The van der Waals surface area contributed by atoms with Gasteiger partial charge in [0.15, 0.2) is 9.79 Å². The molecule has 94 valence electrons. The van der Waals surface area contributed by atoms with Crippen molar-refractivity contribution in [1.82, 2.24) is 0 Å². The second-order valence-corrected chi connectivity index (χ2v) is 4.75. The average Bonchev–Trinajstić information content (AvgIpc) is 2.31. The van der Waals surface area contributed by atoms with Gasteiger partial charge in [-0.15, -0.1) is 13.2 Å². The van der Waals surface area contributed by atoms with Gasteiger partial charge in [0.1, 0.15) is 5.75 Å². The molecule has 5 heteroatoms. The highest BCUT2D eigenvalue weighted by Crippen LogP contribution is 2.23. The highest BCUT2D eigenvalue weighted by molar-refractivity contribution is 7.78. The smallest absolute Gasteiger partial charge is 0.406 e. The molecule has 18 heavy (non-hydrogen) atoms. The van der Waals surface area contributed by atoms with E-state index < -0.39 is 6.36 Å². The van der Waals surface area contributed by atoms with Gasteiger partial charge in [-0.2, -0.15) is 0 Å². The van der Waals surface area contributed by atoms with E-state index in [9.17, 15) is 13.2 Å². The van der Waals surface area contributed by atoms with Crippen LogP contribution in [0.2, 0.25) is 0 Å². The third-order valence-electron chi connectivity index (χ3n) is 2.08. The molecule has 0 aliphatic rings. The van der Waals surface area contributed by atoms with Gasteiger partial charge in [0.05, 0.1) is 0 Å². The van der Waals surface area contributed by atoms with Gasteiger partial charge in [0, 0.05) is 11.8 Å². The molecule has 0 aliphatic carbocycles. The van der Waals surface area contributed by atoms with Gasteiger partial charge in [-0.05, 0) is 36.4 Å². The summed E-state index contributed by atoms with van der Waals surface area (Å²) in [4.78, 5) is 2.00. The Labute approximate surface area is 107 Å². The Morgan fingerprint density at radius 1 is 0.778 bits per heavy atom. The van der Waals surface area contributed by atoms with Gasteiger partial charge in [-0.3, -0.25) is 0 Å². The van der Waals surface area contributed by atoms with E-state index >= 15 is 0 Å². The van der Waals surface area contributed by atoms with Crippen LogP contribution in [-0.2, 0) is 11.8 Å². The summed E-state index contributed by atoms with van der Waals surface area (Å²) in [7, 11) is 0. The fourth-order valence-corrected chi connectivity index (χ4v) is 2.29. The summed E-state index contributed by atoms with van der Waals surface area (Å²) in [6, 6.07) is 15.6. The summed E-state index contributed by atoms with van der Waals surface area (Å²) >= 11 is 0.951. The van der Waals surface area contributed by atoms with Crippen molar-refractivity contribution in [2.75, 3.05) is 0 Å². The SMILES string of the molecule is FC(F)(F)Oc1ccc([SH+]c2ccccc2)cc1. The van der Waals surface area contributed by atoms with E-state index in [1.165, 1.54) is 12.1 Å². The van der Waals surface area contributed by atoms with Crippen molar-refractivity contribution in [2.45, 2.75) is 16.2 Å². The Bertz CT molecular complexity index is 494. The third kappa shape index (κ3) is 4.00. The van der Waals surface area contributed by atoms with Crippen LogP contribution in [0.3, 0.4) is 0 Å². The number of hydrogen-bond acceptors (Lipinski definition) is 1. The van der Waals surface area contributed by atoms with Gasteiger partial charge in [-0.25, -0.2) is 0 Å². The molecule has 2 aromatic carbocycles. The molecule has 1 nitrogen and oxygen atoms in total. The molecule has 0 fully saturated rings. The van der Waals surface area contributed by atoms with Crippen molar-refractivity contribution in [3.63, 3.8) is 0 Å². The fraction of sp³-hybridized carbons (Fsp3) is 0.0769. The largest absolute Gasteiger partial charge is 0.573 e. The Hall–Kier alpha value is -1.62. The number of hydrogen-bond donors (Lipinski definition) is 0. The summed E-state index contributed by atoms with van der Waals surface area (Å²) in [5.41, 5.74) is 0. The monoisotopic (exact) mass is 271 g/mol. The van der Waals surface area contributed by atoms with Crippen molar-refractivity contribution in [1.29, 1.82) is 0 Å². The van der Waals surface area contributed by atoms with Crippen molar-refractivity contribution < 1.29 is 17.9 Å². The lowest BCUT2D eigenvalue weighted by Gasteiger charge is -2.07. The average molecular weight is 271 g/mol. The van der Waals surface area contributed by atoms with Gasteiger partial charge >= 0.3 is 6.36 Å². The summed E-state index contributed by atoms with van der Waals surface area (Å²) in [6.45, 7) is 0. The second kappa shape index (κ2) is 5.35. The Kier molecular flexibility index (Phi) is 3.81. The molecule has 0 spiro atoms. The minimum Gasteiger partial charge on any atom is -0.406 e. The first-order valence-electron chi connectivity index (χ1n) is 5.15. The standard InChI is InChI=1S/C13H9F3OS/c14-13(15,16)17-10-6-8-12(9-7-10)18-11-4-2-1-3-5-11/h1-9H/p+1. The van der Waals surface area contributed by atoms with Crippen molar-refractivity contribution >= 4 is 11.8 Å². The van der Waals surface area contributed by atoms with Crippen LogP contribution >= 0.6 is 0 Å². The first kappa shape index (κ1) is 12.8. The van der Waals surface area contributed by atoms with E-state index in [-0.39, 0.29) is 5.75 Å². The highest BCUT2D eigenvalue weighted by Gasteiger charge is 2.31. The number of benzene rings is 2. The highest BCUT2D eigenvalue weighted by atomic mass is 32.2. The molecule has 0 amide bonds. The lowest BCUT2D eigenvalue weighted by Crippen LogP contribution is -2.16. The predicted octanol–water partition coefficient (Wildman–Crippen LogP) is 3.82. The van der Waals surface area contributed by atoms with Crippen molar-refractivity contribution in [2.24, 2.45) is 0 Å². The summed E-state index contributed by atoms with van der Waals surface area (Å²) in [5, 5.41) is 0. The molecule has 0 aromatic heterocycles. The Morgan fingerprint density at radius 3 is 1.89 bits per heavy atom. The molecule has 0 aliphatic heterocycles. The van der Waals surface area contributed by atoms with Crippen LogP contribution < -0.4 is 4.74 Å². The number of ether oxygens (including phenoxy) is 1. The van der Waals surface area contributed by atoms with Gasteiger partial charge < -0.3 is 4.74 Å². The molecule has 2 aromatic rings. The van der Waals surface area contributed by atoms with E-state index in [2.05, 4.69) is 4.74 Å². The van der Waals surface area contributed by atoms with E-state index in [0.717, 1.165) is 21.6 Å². The van der Waals surface area contributed by atoms with Crippen LogP contribution in [0.5, 0.6) is 5.75 Å². The molecular weight excluding hydrogens is 261 g/mol. The van der Waals surface area contributed by atoms with E-state index in [0.29, 0.717) is 0 Å². The molecule has 0 bridgehead atoms. The van der Waals surface area contributed by atoms with E-state index in [1.807, 2.05) is 30.3 Å². The van der Waals surface area contributed by atoms with Crippen LogP contribution in [0.1, 0.15) is 0 Å². The lowest BCUT2D eigenvalue weighted by atomic mass is 10.3. The molecule has 0 saturated heterocycles. The molecular formula is C13H10F3OS+. The molecule has 0 N–H and O–H groups in total. The molecule has 0 radical (unpaired) electrons. The minimum absolute atomic E-state index is 0.200. The minimum atomic E-state index is -4.64. The maximum atomic E-state index is 12.0. The fourth-order valence-electron chi connectivity index (χ4n) is 1.37. The number of rotatable bonds is 3. The maximum absolute atomic E-state index is 12.0. The Balaban J connectivity index is 2.04. The third-order valence-corrected chi connectivity index (χ3v) is 3.20. The van der Waals surface area contributed by atoms with Gasteiger partial charge in [-0.1, -0.05) is 18.2 Å². The normalized spacial score (nSPS) is 11.3. The zero-order valence-corrected chi connectivity index (χ0v) is 10.1. The topological polar surface area (TPSA) is 9.23 Å². The summed E-state index contributed by atoms with van der Waals surface area (Å²) in [6.07, 6.45) is -4.64. The maximum Gasteiger partial charge on any atom is 0.573 e. The molecule has 0 atom stereocenters. The van der Waals surface area contributed by atoms with Crippen LogP contribution in [0.15, 0.2) is 64.4 Å². The molecule has 0 heterocycles. The van der Waals surface area contributed by atoms with Crippen LogP contribution in [0, 0.1) is 0 Å². The Morgan fingerprint density at radius 2 is 1.33 bits per heavy atom. The number of alkyl halides is 3. The predicted molar refractivity (Wildman–Crippen MR) is 64.9 cm³/mol. The quantitative estimate of drug-likeness (QED) is 0.609. The molecule has 0 unspecified atom stereocenters. The van der Waals surface area contributed by atoms with E-state index in [4.69, 9.17) is 0 Å². The zero-order valence-electron chi connectivity index (χ0n) is 9.19. The van der Waals surface area contributed by atoms with Crippen molar-refractivity contribution in [3.05, 3.63) is 54.6 Å². The van der Waals surface area contributed by atoms with E-state index in [1.54, 1.807) is 12.1 Å². The van der Waals surface area contributed by atoms with Crippen LogP contribution in [0.4, 0.5) is 13.2 Å². The summed E-state index contributed by atoms with van der Waals surface area (Å²) in [5.74, 6) is -0.200. The van der Waals surface area contributed by atoms with Gasteiger partial charge in [0.25, 0.3) is 0 Å². The molecule has 0 saturated carbocycles. The number of thiol groups is 1. The zero-order chi connectivity index (χ0) is 13.0. The van der Waals surface area contributed by atoms with Crippen LogP contribution in [0.25, 0.3) is 0 Å². The first-order valence-corrected chi connectivity index (χ1v) is 6.05. The summed E-state index contributed by atoms with van der Waals surface area (Å²) < 4.78 is 39.7. The molecule has 2 rings (SSSR count). The van der Waals surface area contributed by atoms with Crippen LogP contribution in [-0.4, -0.2) is 6.36 Å². The first-order chi connectivity index (χ1) is 8.53. The van der Waals surface area contributed by atoms with Crippen molar-refractivity contribution in [3.8, 4) is 5.75 Å². The lowest BCUT2D eigenvalue weighted by molar-refractivity contribution is -0.274. The van der Waals surface area contributed by atoms with Gasteiger partial charge in [0.2, 0.25) is 0 Å². The number of halogens is 3.